The maximum atomic E-state index is 12.8. The lowest BCUT2D eigenvalue weighted by atomic mass is 10.2. The van der Waals surface area contributed by atoms with E-state index in [4.69, 9.17) is 5.73 Å². The van der Waals surface area contributed by atoms with Gasteiger partial charge in [0.25, 0.3) is 0 Å². The first-order valence-electron chi connectivity index (χ1n) is 4.99. The molecule has 0 spiro atoms. The molecule has 0 radical (unpaired) electrons. The van der Waals surface area contributed by atoms with Crippen molar-refractivity contribution >= 4 is 5.96 Å². The lowest BCUT2D eigenvalue weighted by molar-refractivity contribution is 0.579. The van der Waals surface area contributed by atoms with E-state index in [0.29, 0.717) is 5.56 Å². The maximum absolute atomic E-state index is 12.8. The SMILES string of the molecule is CC(C)NC(N)=NCc1cc(F)cc(F)c1. The first-order valence-corrected chi connectivity index (χ1v) is 4.99. The predicted octanol–water partition coefficient (Wildman–Crippen LogP) is 1.78. The van der Waals surface area contributed by atoms with E-state index in [1.165, 1.54) is 12.1 Å². The van der Waals surface area contributed by atoms with Crippen molar-refractivity contribution in [1.82, 2.24) is 5.32 Å². The molecule has 0 fully saturated rings. The number of hydrogen-bond acceptors (Lipinski definition) is 1. The van der Waals surface area contributed by atoms with Crippen LogP contribution in [0.25, 0.3) is 0 Å². The smallest absolute Gasteiger partial charge is 0.189 e. The van der Waals surface area contributed by atoms with Crippen LogP contribution in [0.1, 0.15) is 19.4 Å². The highest BCUT2D eigenvalue weighted by Gasteiger charge is 2.00. The number of guanidine groups is 1. The minimum Gasteiger partial charge on any atom is -0.370 e. The van der Waals surface area contributed by atoms with Crippen LogP contribution in [0.4, 0.5) is 8.78 Å². The highest BCUT2D eigenvalue weighted by Crippen LogP contribution is 2.08. The zero-order chi connectivity index (χ0) is 12.1. The second-order valence-electron chi connectivity index (χ2n) is 3.78. The third-order valence-electron chi connectivity index (χ3n) is 1.79. The van der Waals surface area contributed by atoms with Crippen LogP contribution in [0, 0.1) is 11.6 Å². The Labute approximate surface area is 93.4 Å². The molecule has 3 N–H and O–H groups in total. The number of rotatable bonds is 3. The van der Waals surface area contributed by atoms with E-state index in [-0.39, 0.29) is 18.5 Å². The standard InChI is InChI=1S/C11H15F2N3/c1-7(2)16-11(14)15-6-8-3-9(12)5-10(13)4-8/h3-5,7H,6H2,1-2H3,(H3,14,15,16). The second kappa shape index (κ2) is 5.44. The molecule has 0 aromatic heterocycles. The van der Waals surface area contributed by atoms with E-state index in [2.05, 4.69) is 10.3 Å². The van der Waals surface area contributed by atoms with Crippen molar-refractivity contribution in [3.8, 4) is 0 Å². The van der Waals surface area contributed by atoms with E-state index < -0.39 is 11.6 Å². The molecule has 1 aromatic rings. The summed E-state index contributed by atoms with van der Waals surface area (Å²) in [6.07, 6.45) is 0. The van der Waals surface area contributed by atoms with E-state index in [1.807, 2.05) is 13.8 Å². The quantitative estimate of drug-likeness (QED) is 0.611. The number of nitrogens with one attached hydrogen (secondary N) is 1. The normalized spacial score (nSPS) is 11.9. The summed E-state index contributed by atoms with van der Waals surface area (Å²) in [4.78, 5) is 3.97. The molecule has 0 saturated heterocycles. The summed E-state index contributed by atoms with van der Waals surface area (Å²) < 4.78 is 25.7. The van der Waals surface area contributed by atoms with Crippen LogP contribution in [0.3, 0.4) is 0 Å². The van der Waals surface area contributed by atoms with Crippen molar-refractivity contribution in [2.45, 2.75) is 26.4 Å². The molecule has 0 unspecified atom stereocenters. The van der Waals surface area contributed by atoms with E-state index in [9.17, 15) is 8.78 Å². The Balaban J connectivity index is 2.66. The lowest BCUT2D eigenvalue weighted by Crippen LogP contribution is -2.36. The zero-order valence-corrected chi connectivity index (χ0v) is 9.30. The monoisotopic (exact) mass is 227 g/mol. The minimum atomic E-state index is -0.611. The average molecular weight is 227 g/mol. The Hall–Kier alpha value is -1.65. The van der Waals surface area contributed by atoms with Gasteiger partial charge in [-0.15, -0.1) is 0 Å². The van der Waals surface area contributed by atoms with Crippen molar-refractivity contribution in [2.75, 3.05) is 0 Å². The Morgan fingerprint density at radius 2 is 1.88 bits per heavy atom. The van der Waals surface area contributed by atoms with Crippen molar-refractivity contribution in [2.24, 2.45) is 10.7 Å². The first kappa shape index (κ1) is 12.4. The number of halogens is 2. The third kappa shape index (κ3) is 4.25. The summed E-state index contributed by atoms with van der Waals surface area (Å²) in [5.74, 6) is -0.958. The molecule has 0 atom stereocenters. The molecule has 16 heavy (non-hydrogen) atoms. The topological polar surface area (TPSA) is 50.4 Å². The number of benzene rings is 1. The van der Waals surface area contributed by atoms with Gasteiger partial charge in [0.15, 0.2) is 5.96 Å². The minimum absolute atomic E-state index is 0.153. The highest BCUT2D eigenvalue weighted by molar-refractivity contribution is 5.78. The first-order chi connectivity index (χ1) is 7.47. The van der Waals surface area contributed by atoms with Gasteiger partial charge in [0.1, 0.15) is 11.6 Å². The summed E-state index contributed by atoms with van der Waals surface area (Å²) in [6, 6.07) is 3.46. The van der Waals surface area contributed by atoms with E-state index in [0.717, 1.165) is 6.07 Å². The van der Waals surface area contributed by atoms with Gasteiger partial charge in [-0.25, -0.2) is 13.8 Å². The Morgan fingerprint density at radius 3 is 2.38 bits per heavy atom. The maximum Gasteiger partial charge on any atom is 0.189 e. The summed E-state index contributed by atoms with van der Waals surface area (Å²) >= 11 is 0. The van der Waals surface area contributed by atoms with Crippen LogP contribution in [0.15, 0.2) is 23.2 Å². The van der Waals surface area contributed by atoms with E-state index >= 15 is 0 Å². The summed E-state index contributed by atoms with van der Waals surface area (Å²) in [5.41, 5.74) is 6.00. The molecule has 3 nitrogen and oxygen atoms in total. The number of hydrogen-bond donors (Lipinski definition) is 2. The summed E-state index contributed by atoms with van der Waals surface area (Å²) in [7, 11) is 0. The van der Waals surface area contributed by atoms with Crippen LogP contribution in [0.2, 0.25) is 0 Å². The van der Waals surface area contributed by atoms with E-state index in [1.54, 1.807) is 0 Å². The largest absolute Gasteiger partial charge is 0.370 e. The fraction of sp³-hybridized carbons (Fsp3) is 0.364. The molecule has 0 aliphatic rings. The predicted molar refractivity (Wildman–Crippen MR) is 60.0 cm³/mol. The fourth-order valence-corrected chi connectivity index (χ4v) is 1.22. The number of nitrogens with zero attached hydrogens (tertiary/aromatic N) is 1. The number of nitrogens with two attached hydrogens (primary N) is 1. The Bertz CT molecular complexity index is 369. The van der Waals surface area contributed by atoms with Crippen molar-refractivity contribution < 1.29 is 8.78 Å². The van der Waals surface area contributed by atoms with Gasteiger partial charge in [-0.05, 0) is 31.5 Å². The molecular formula is C11H15F2N3. The van der Waals surface area contributed by atoms with Gasteiger partial charge < -0.3 is 11.1 Å². The molecule has 0 heterocycles. The molecule has 0 saturated carbocycles. The molecule has 88 valence electrons. The van der Waals surface area contributed by atoms with Gasteiger partial charge in [-0.3, -0.25) is 0 Å². The van der Waals surface area contributed by atoms with Crippen LogP contribution in [-0.2, 0) is 6.54 Å². The van der Waals surface area contributed by atoms with Gasteiger partial charge in [0, 0.05) is 12.1 Å². The van der Waals surface area contributed by atoms with Gasteiger partial charge in [-0.2, -0.15) is 0 Å². The third-order valence-corrected chi connectivity index (χ3v) is 1.79. The lowest BCUT2D eigenvalue weighted by Gasteiger charge is -2.08. The van der Waals surface area contributed by atoms with Gasteiger partial charge in [-0.1, -0.05) is 0 Å². The average Bonchev–Trinajstić information content (AvgIpc) is 2.12. The van der Waals surface area contributed by atoms with Gasteiger partial charge in [0.05, 0.1) is 6.54 Å². The van der Waals surface area contributed by atoms with Crippen LogP contribution < -0.4 is 11.1 Å². The molecular weight excluding hydrogens is 212 g/mol. The summed E-state index contributed by atoms with van der Waals surface area (Å²) in [5, 5.41) is 2.88. The molecule has 0 aliphatic carbocycles. The van der Waals surface area contributed by atoms with Crippen LogP contribution in [-0.4, -0.2) is 12.0 Å². The zero-order valence-electron chi connectivity index (χ0n) is 9.30. The Kier molecular flexibility index (Phi) is 4.22. The summed E-state index contributed by atoms with van der Waals surface area (Å²) in [6.45, 7) is 3.99. The van der Waals surface area contributed by atoms with Crippen LogP contribution in [0.5, 0.6) is 0 Å². The van der Waals surface area contributed by atoms with Gasteiger partial charge >= 0.3 is 0 Å². The number of aliphatic imine (C=N–C) groups is 1. The highest BCUT2D eigenvalue weighted by atomic mass is 19.1. The van der Waals surface area contributed by atoms with Crippen LogP contribution >= 0.6 is 0 Å². The van der Waals surface area contributed by atoms with Crippen molar-refractivity contribution in [3.63, 3.8) is 0 Å². The van der Waals surface area contributed by atoms with Crippen molar-refractivity contribution in [1.29, 1.82) is 0 Å². The Morgan fingerprint density at radius 1 is 1.31 bits per heavy atom. The molecule has 0 amide bonds. The fourth-order valence-electron chi connectivity index (χ4n) is 1.22. The second-order valence-corrected chi connectivity index (χ2v) is 3.78. The molecule has 1 rings (SSSR count). The van der Waals surface area contributed by atoms with Crippen molar-refractivity contribution in [3.05, 3.63) is 35.4 Å². The molecule has 0 bridgehead atoms. The molecule has 1 aromatic carbocycles. The molecule has 0 aliphatic heterocycles. The van der Waals surface area contributed by atoms with Gasteiger partial charge in [0.2, 0.25) is 0 Å². The molecule has 5 heteroatoms.